The molecule has 0 bridgehead atoms. The van der Waals surface area contributed by atoms with Crippen molar-refractivity contribution in [1.82, 2.24) is 25.4 Å². The maximum Gasteiger partial charge on any atom is 0.315 e. The summed E-state index contributed by atoms with van der Waals surface area (Å²) in [5, 5.41) is 9.91. The second kappa shape index (κ2) is 6.45. The Morgan fingerprint density at radius 3 is 2.86 bits per heavy atom. The lowest BCUT2D eigenvalue weighted by molar-refractivity contribution is 0.238. The van der Waals surface area contributed by atoms with Crippen molar-refractivity contribution >= 4 is 6.03 Å². The van der Waals surface area contributed by atoms with E-state index >= 15 is 0 Å². The summed E-state index contributed by atoms with van der Waals surface area (Å²) in [5.41, 5.74) is 0. The molecule has 0 saturated heterocycles. The molecule has 2 saturated carbocycles. The number of rotatable bonds is 5. The van der Waals surface area contributed by atoms with E-state index in [9.17, 15) is 4.79 Å². The van der Waals surface area contributed by atoms with Crippen LogP contribution in [0.25, 0.3) is 0 Å². The first kappa shape index (κ1) is 14.4. The molecule has 0 unspecified atom stereocenters. The van der Waals surface area contributed by atoms with E-state index in [1.807, 2.05) is 7.05 Å². The van der Waals surface area contributed by atoms with Gasteiger partial charge in [-0.05, 0) is 24.2 Å². The number of carbonyl (C=O) groups is 1. The van der Waals surface area contributed by atoms with Gasteiger partial charge in [-0.1, -0.05) is 32.1 Å². The Labute approximate surface area is 125 Å². The molecule has 1 aromatic rings. The number of hydrogen-bond donors (Lipinski definition) is 2. The fourth-order valence-corrected chi connectivity index (χ4v) is 3.56. The van der Waals surface area contributed by atoms with Gasteiger partial charge in [0.15, 0.2) is 5.82 Å². The molecule has 0 aromatic carbocycles. The molecule has 0 radical (unpaired) electrons. The second-order valence-corrected chi connectivity index (χ2v) is 6.46. The van der Waals surface area contributed by atoms with Crippen molar-refractivity contribution in [3.63, 3.8) is 0 Å². The molecule has 0 spiro atoms. The number of amides is 2. The fraction of sp³-hybridized carbons (Fsp3) is 0.800. The van der Waals surface area contributed by atoms with E-state index in [0.717, 1.165) is 18.4 Å². The van der Waals surface area contributed by atoms with Crippen LogP contribution in [0.1, 0.15) is 44.3 Å². The van der Waals surface area contributed by atoms with Crippen LogP contribution in [0.4, 0.5) is 4.79 Å². The third-order valence-corrected chi connectivity index (χ3v) is 4.81. The highest BCUT2D eigenvalue weighted by molar-refractivity contribution is 5.73. The van der Waals surface area contributed by atoms with Gasteiger partial charge in [0.2, 0.25) is 0 Å². The topological polar surface area (TPSA) is 71.8 Å². The average Bonchev–Trinajstić information content (AvgIpc) is 3.17. The molecule has 2 fully saturated rings. The number of nitrogens with one attached hydrogen (secondary N) is 2. The van der Waals surface area contributed by atoms with Gasteiger partial charge >= 0.3 is 6.03 Å². The highest BCUT2D eigenvalue weighted by Gasteiger charge is 2.42. The lowest BCUT2D eigenvalue weighted by Crippen LogP contribution is -2.36. The molecule has 6 nitrogen and oxygen atoms in total. The maximum absolute atomic E-state index is 11.8. The van der Waals surface area contributed by atoms with Crippen molar-refractivity contribution in [2.45, 2.75) is 45.1 Å². The van der Waals surface area contributed by atoms with E-state index < -0.39 is 0 Å². The number of nitrogens with zero attached hydrogens (tertiary/aromatic N) is 3. The van der Waals surface area contributed by atoms with Gasteiger partial charge in [0, 0.05) is 13.6 Å². The summed E-state index contributed by atoms with van der Waals surface area (Å²) in [5.74, 6) is 3.13. The molecule has 3 rings (SSSR count). The molecule has 0 aliphatic heterocycles. The fourth-order valence-electron chi connectivity index (χ4n) is 3.56. The van der Waals surface area contributed by atoms with Gasteiger partial charge in [0.25, 0.3) is 0 Å². The van der Waals surface area contributed by atoms with Crippen molar-refractivity contribution in [1.29, 1.82) is 0 Å². The van der Waals surface area contributed by atoms with Crippen molar-refractivity contribution in [2.24, 2.45) is 24.8 Å². The Morgan fingerprint density at radius 1 is 1.33 bits per heavy atom. The molecule has 2 aliphatic rings. The van der Waals surface area contributed by atoms with Crippen molar-refractivity contribution in [3.8, 4) is 0 Å². The van der Waals surface area contributed by atoms with E-state index in [4.69, 9.17) is 0 Å². The maximum atomic E-state index is 11.8. The van der Waals surface area contributed by atoms with Crippen molar-refractivity contribution in [2.75, 3.05) is 6.54 Å². The van der Waals surface area contributed by atoms with Crippen molar-refractivity contribution in [3.05, 3.63) is 12.2 Å². The molecule has 1 heterocycles. The quantitative estimate of drug-likeness (QED) is 0.869. The van der Waals surface area contributed by atoms with E-state index in [1.54, 1.807) is 11.0 Å². The number of carbonyl (C=O) groups excluding carboxylic acids is 1. The zero-order chi connectivity index (χ0) is 14.7. The summed E-state index contributed by atoms with van der Waals surface area (Å²) >= 11 is 0. The van der Waals surface area contributed by atoms with Gasteiger partial charge in [0.05, 0.1) is 6.54 Å². The predicted molar refractivity (Wildman–Crippen MR) is 79.4 cm³/mol. The zero-order valence-corrected chi connectivity index (χ0v) is 12.7. The third-order valence-electron chi connectivity index (χ3n) is 4.81. The number of aryl methyl sites for hydroxylation is 1. The van der Waals surface area contributed by atoms with E-state index in [-0.39, 0.29) is 6.03 Å². The summed E-state index contributed by atoms with van der Waals surface area (Å²) in [6.07, 6.45) is 9.95. The molecule has 2 amide bonds. The summed E-state index contributed by atoms with van der Waals surface area (Å²) in [6.45, 7) is 1.19. The summed E-state index contributed by atoms with van der Waals surface area (Å²) in [4.78, 5) is 15.8. The third kappa shape index (κ3) is 3.95. The average molecular weight is 291 g/mol. The number of aromatic nitrogens is 3. The molecular weight excluding hydrogens is 266 g/mol. The Hall–Kier alpha value is -1.59. The standard InChI is InChI=1S/C15H25N5O/c1-20-10-18-14(19-20)9-17-15(21)16-8-12-7-13(12)11-5-3-2-4-6-11/h10-13H,2-9H2,1H3,(H2,16,17,21)/t12-,13-/m0/s1. The molecular formula is C15H25N5O. The van der Waals surface area contributed by atoms with Crippen LogP contribution in [0.2, 0.25) is 0 Å². The minimum Gasteiger partial charge on any atom is -0.338 e. The minimum absolute atomic E-state index is 0.114. The Bertz CT molecular complexity index is 480. The van der Waals surface area contributed by atoms with Gasteiger partial charge in [-0.3, -0.25) is 4.68 Å². The van der Waals surface area contributed by atoms with Crippen LogP contribution in [0.3, 0.4) is 0 Å². The molecule has 116 valence electrons. The Kier molecular flexibility index (Phi) is 4.41. The van der Waals surface area contributed by atoms with Gasteiger partial charge < -0.3 is 10.6 Å². The van der Waals surface area contributed by atoms with Crippen LogP contribution >= 0.6 is 0 Å². The van der Waals surface area contributed by atoms with Crippen molar-refractivity contribution < 1.29 is 4.79 Å². The monoisotopic (exact) mass is 291 g/mol. The summed E-state index contributed by atoms with van der Waals surface area (Å²) < 4.78 is 1.63. The molecule has 21 heavy (non-hydrogen) atoms. The Balaban J connectivity index is 1.31. The number of urea groups is 1. The smallest absolute Gasteiger partial charge is 0.315 e. The highest BCUT2D eigenvalue weighted by Crippen LogP contribution is 2.48. The second-order valence-electron chi connectivity index (χ2n) is 6.46. The first-order valence-corrected chi connectivity index (χ1v) is 8.08. The van der Waals surface area contributed by atoms with Gasteiger partial charge in [-0.2, -0.15) is 5.10 Å². The SMILES string of the molecule is Cn1cnc(CNC(=O)NC[C@@H]2C[C@H]2C2CCCCC2)n1. The van der Waals surface area contributed by atoms with Gasteiger partial charge in [-0.15, -0.1) is 0 Å². The van der Waals surface area contributed by atoms with Crippen LogP contribution < -0.4 is 10.6 Å². The molecule has 6 heteroatoms. The van der Waals surface area contributed by atoms with Crippen LogP contribution in [0, 0.1) is 17.8 Å². The van der Waals surface area contributed by atoms with E-state index in [1.165, 1.54) is 38.5 Å². The van der Waals surface area contributed by atoms with Gasteiger partial charge in [0.1, 0.15) is 6.33 Å². The molecule has 2 aliphatic carbocycles. The molecule has 2 atom stereocenters. The van der Waals surface area contributed by atoms with Crippen LogP contribution in [-0.2, 0) is 13.6 Å². The molecule has 1 aromatic heterocycles. The van der Waals surface area contributed by atoms with Crippen LogP contribution in [-0.4, -0.2) is 27.3 Å². The largest absolute Gasteiger partial charge is 0.338 e. The van der Waals surface area contributed by atoms with Crippen LogP contribution in [0.5, 0.6) is 0 Å². The highest BCUT2D eigenvalue weighted by atomic mass is 16.2. The molecule has 2 N–H and O–H groups in total. The van der Waals surface area contributed by atoms with E-state index in [2.05, 4.69) is 20.7 Å². The number of hydrogen-bond acceptors (Lipinski definition) is 3. The Morgan fingerprint density at radius 2 is 2.14 bits per heavy atom. The summed E-state index contributed by atoms with van der Waals surface area (Å²) in [6, 6.07) is -0.114. The van der Waals surface area contributed by atoms with Gasteiger partial charge in [-0.25, -0.2) is 9.78 Å². The zero-order valence-electron chi connectivity index (χ0n) is 12.7. The summed E-state index contributed by atoms with van der Waals surface area (Å²) in [7, 11) is 1.81. The minimum atomic E-state index is -0.114. The first-order chi connectivity index (χ1) is 10.2. The predicted octanol–water partition coefficient (Wildman–Crippen LogP) is 1.83. The lowest BCUT2D eigenvalue weighted by Gasteiger charge is -2.21. The normalized spacial score (nSPS) is 25.6. The lowest BCUT2D eigenvalue weighted by atomic mass is 9.85. The first-order valence-electron chi connectivity index (χ1n) is 8.08. The van der Waals surface area contributed by atoms with E-state index in [0.29, 0.717) is 18.3 Å². The van der Waals surface area contributed by atoms with Crippen LogP contribution in [0.15, 0.2) is 6.33 Å².